The van der Waals surface area contributed by atoms with Gasteiger partial charge in [-0.1, -0.05) is 11.6 Å². The van der Waals surface area contributed by atoms with Gasteiger partial charge in [-0.25, -0.2) is 8.42 Å². The Labute approximate surface area is 129 Å². The second kappa shape index (κ2) is 5.52. The molecule has 7 heteroatoms. The summed E-state index contributed by atoms with van der Waals surface area (Å²) < 4.78 is 31.3. The van der Waals surface area contributed by atoms with Crippen molar-refractivity contribution in [3.05, 3.63) is 29.3 Å². The van der Waals surface area contributed by atoms with Crippen LogP contribution in [0.3, 0.4) is 0 Å². The Morgan fingerprint density at radius 1 is 1.24 bits per heavy atom. The maximum absolute atomic E-state index is 12.8. The molecule has 1 aliphatic heterocycles. The van der Waals surface area contributed by atoms with Gasteiger partial charge in [0.15, 0.2) is 9.84 Å². The van der Waals surface area contributed by atoms with Crippen LogP contribution >= 0.6 is 11.6 Å². The predicted molar refractivity (Wildman–Crippen MR) is 79.1 cm³/mol. The topological polar surface area (TPSA) is 83.8 Å². The van der Waals surface area contributed by atoms with E-state index in [4.69, 9.17) is 16.3 Å². The molecule has 1 aromatic carbocycles. The van der Waals surface area contributed by atoms with Crippen LogP contribution in [-0.4, -0.2) is 48.3 Å². The first-order valence-corrected chi connectivity index (χ1v) is 8.51. The van der Waals surface area contributed by atoms with E-state index in [9.17, 15) is 18.6 Å². The van der Waals surface area contributed by atoms with Crippen LogP contribution in [0.15, 0.2) is 29.2 Å². The lowest BCUT2D eigenvalue weighted by Gasteiger charge is -2.29. The smallest absolute Gasteiger partial charge is 0.184 e. The highest BCUT2D eigenvalue weighted by Crippen LogP contribution is 2.43. The van der Waals surface area contributed by atoms with E-state index in [1.807, 2.05) is 0 Å². The average molecular weight is 335 g/mol. The summed E-state index contributed by atoms with van der Waals surface area (Å²) in [6.07, 6.45) is 0.117. The van der Waals surface area contributed by atoms with Crippen molar-refractivity contribution in [1.29, 1.82) is 0 Å². The first-order valence-electron chi connectivity index (χ1n) is 6.58. The fourth-order valence-electron chi connectivity index (χ4n) is 2.74. The monoisotopic (exact) mass is 334 g/mol. The van der Waals surface area contributed by atoms with Gasteiger partial charge in [-0.15, -0.1) is 0 Å². The number of rotatable bonds is 4. The Morgan fingerprint density at radius 2 is 1.81 bits per heavy atom. The molecule has 1 aromatic rings. The molecule has 5 nitrogen and oxygen atoms in total. The van der Waals surface area contributed by atoms with Gasteiger partial charge in [-0.2, -0.15) is 0 Å². The van der Waals surface area contributed by atoms with Crippen molar-refractivity contribution in [1.82, 2.24) is 0 Å². The lowest BCUT2D eigenvalue weighted by molar-refractivity contribution is -0.124. The highest BCUT2D eigenvalue weighted by atomic mass is 35.5. The van der Waals surface area contributed by atoms with Gasteiger partial charge in [0.25, 0.3) is 0 Å². The molecule has 1 saturated heterocycles. The maximum Gasteiger partial charge on any atom is 0.184 e. The van der Waals surface area contributed by atoms with Crippen LogP contribution in [0.25, 0.3) is 0 Å². The Hall–Kier alpha value is -0.660. The minimum absolute atomic E-state index is 0.117. The number of ether oxygens (including phenoxy) is 1. The second-order valence-electron chi connectivity index (χ2n) is 5.87. The summed E-state index contributed by atoms with van der Waals surface area (Å²) in [6, 6.07) is 5.88. The lowest BCUT2D eigenvalue weighted by atomic mass is 9.98. The van der Waals surface area contributed by atoms with E-state index in [0.717, 1.165) is 0 Å². The summed E-state index contributed by atoms with van der Waals surface area (Å²) in [4.78, 5) is 0.127. The zero-order chi connectivity index (χ0) is 15.9. The highest BCUT2D eigenvalue weighted by molar-refractivity contribution is 7.92. The molecule has 1 fully saturated rings. The molecular weight excluding hydrogens is 316 g/mol. The Balaban J connectivity index is 2.45. The molecule has 1 aliphatic rings. The van der Waals surface area contributed by atoms with Crippen molar-refractivity contribution < 1.29 is 23.4 Å². The van der Waals surface area contributed by atoms with E-state index >= 15 is 0 Å². The van der Waals surface area contributed by atoms with Crippen LogP contribution in [-0.2, 0) is 14.6 Å². The Bertz CT molecular complexity index is 615. The van der Waals surface area contributed by atoms with Crippen LogP contribution in [0.5, 0.6) is 0 Å². The molecule has 2 rings (SSSR count). The van der Waals surface area contributed by atoms with Crippen LogP contribution < -0.4 is 0 Å². The van der Waals surface area contributed by atoms with Crippen molar-refractivity contribution in [2.75, 3.05) is 13.2 Å². The van der Waals surface area contributed by atoms with Crippen LogP contribution in [0.4, 0.5) is 0 Å². The van der Waals surface area contributed by atoms with Gasteiger partial charge in [0.05, 0.1) is 29.0 Å². The SMILES string of the molecule is C[C@@]1(CO)C[C@H](S(=O)(=O)c2ccc(Cl)cc2)[C@](C)(CO)O1. The van der Waals surface area contributed by atoms with E-state index in [1.165, 1.54) is 24.3 Å². The largest absolute Gasteiger partial charge is 0.393 e. The molecule has 0 spiro atoms. The summed E-state index contributed by atoms with van der Waals surface area (Å²) in [6.45, 7) is 2.43. The fraction of sp³-hybridized carbons (Fsp3) is 0.571. The van der Waals surface area contributed by atoms with Gasteiger partial charge < -0.3 is 14.9 Å². The first-order chi connectivity index (χ1) is 9.67. The molecule has 0 aliphatic carbocycles. The summed E-state index contributed by atoms with van der Waals surface area (Å²) in [5, 5.41) is 18.5. The summed E-state index contributed by atoms with van der Waals surface area (Å²) in [5.74, 6) is 0. The van der Waals surface area contributed by atoms with Crippen LogP contribution in [0, 0.1) is 0 Å². The van der Waals surface area contributed by atoms with Crippen molar-refractivity contribution in [2.24, 2.45) is 0 Å². The molecule has 3 atom stereocenters. The van der Waals surface area contributed by atoms with Gasteiger partial charge >= 0.3 is 0 Å². The number of aliphatic hydroxyl groups excluding tert-OH is 2. The number of aliphatic hydroxyl groups is 2. The van der Waals surface area contributed by atoms with Crippen molar-refractivity contribution in [2.45, 2.75) is 41.6 Å². The second-order valence-corrected chi connectivity index (χ2v) is 8.44. The number of benzene rings is 1. The molecule has 0 aromatic heterocycles. The van der Waals surface area contributed by atoms with E-state index in [1.54, 1.807) is 13.8 Å². The van der Waals surface area contributed by atoms with E-state index < -0.39 is 32.9 Å². The average Bonchev–Trinajstić information content (AvgIpc) is 2.73. The van der Waals surface area contributed by atoms with E-state index in [-0.39, 0.29) is 17.9 Å². The number of hydrogen-bond acceptors (Lipinski definition) is 5. The third-order valence-electron chi connectivity index (χ3n) is 3.94. The van der Waals surface area contributed by atoms with E-state index in [2.05, 4.69) is 0 Å². The molecule has 0 radical (unpaired) electrons. The van der Waals surface area contributed by atoms with Gasteiger partial charge in [-0.3, -0.25) is 0 Å². The van der Waals surface area contributed by atoms with Crippen molar-refractivity contribution in [3.63, 3.8) is 0 Å². The van der Waals surface area contributed by atoms with E-state index in [0.29, 0.717) is 5.02 Å². The van der Waals surface area contributed by atoms with Crippen LogP contribution in [0.1, 0.15) is 20.3 Å². The van der Waals surface area contributed by atoms with Crippen molar-refractivity contribution >= 4 is 21.4 Å². The first kappa shape index (κ1) is 16.7. The zero-order valence-electron chi connectivity index (χ0n) is 11.9. The summed E-state index contributed by atoms with van der Waals surface area (Å²) in [5.41, 5.74) is -2.24. The zero-order valence-corrected chi connectivity index (χ0v) is 13.5. The third-order valence-corrected chi connectivity index (χ3v) is 6.54. The number of hydrogen-bond donors (Lipinski definition) is 2. The van der Waals surface area contributed by atoms with Gasteiger partial charge in [0.1, 0.15) is 5.60 Å². The van der Waals surface area contributed by atoms with Gasteiger partial charge in [0, 0.05) is 5.02 Å². The molecular formula is C14H19ClO5S. The van der Waals surface area contributed by atoms with Gasteiger partial charge in [-0.05, 0) is 44.5 Å². The van der Waals surface area contributed by atoms with Gasteiger partial charge in [0.2, 0.25) is 0 Å². The predicted octanol–water partition coefficient (Wildman–Crippen LogP) is 1.40. The Morgan fingerprint density at radius 3 is 2.29 bits per heavy atom. The van der Waals surface area contributed by atoms with Crippen molar-refractivity contribution in [3.8, 4) is 0 Å². The molecule has 0 bridgehead atoms. The normalized spacial score (nSPS) is 33.3. The molecule has 1 heterocycles. The lowest BCUT2D eigenvalue weighted by Crippen LogP contribution is -2.44. The minimum Gasteiger partial charge on any atom is -0.393 e. The number of halogens is 1. The molecule has 0 unspecified atom stereocenters. The molecule has 0 amide bonds. The molecule has 2 N–H and O–H groups in total. The molecule has 0 saturated carbocycles. The maximum atomic E-state index is 12.8. The fourth-order valence-corrected chi connectivity index (χ4v) is 5.06. The number of sulfone groups is 1. The molecule has 118 valence electrons. The Kier molecular flexibility index (Phi) is 4.39. The minimum atomic E-state index is -3.71. The third kappa shape index (κ3) is 2.96. The quantitative estimate of drug-likeness (QED) is 0.869. The standard InChI is InChI=1S/C14H19ClO5S/c1-13(8-16)7-12(14(2,9-17)20-13)21(18,19)11-5-3-10(15)4-6-11/h3-6,12,16-17H,7-9H2,1-2H3/t12-,13-,14-/m0/s1. The van der Waals surface area contributed by atoms with Crippen LogP contribution in [0.2, 0.25) is 5.02 Å². The summed E-state index contributed by atoms with van der Waals surface area (Å²) >= 11 is 5.78. The highest BCUT2D eigenvalue weighted by Gasteiger charge is 2.56. The summed E-state index contributed by atoms with van der Waals surface area (Å²) in [7, 11) is -3.71. The molecule has 21 heavy (non-hydrogen) atoms.